The third-order valence-corrected chi connectivity index (χ3v) is 6.26. The molecule has 3 N–H and O–H groups in total. The Bertz CT molecular complexity index is 946. The van der Waals surface area contributed by atoms with Gasteiger partial charge >= 0.3 is 6.03 Å². The summed E-state index contributed by atoms with van der Waals surface area (Å²) >= 11 is 5.82. The van der Waals surface area contributed by atoms with Gasteiger partial charge in [0.05, 0.1) is 5.02 Å². The van der Waals surface area contributed by atoms with E-state index in [0.29, 0.717) is 22.1 Å². The van der Waals surface area contributed by atoms with E-state index in [-0.39, 0.29) is 23.5 Å². The fraction of sp³-hybridized carbons (Fsp3) is 0.409. The van der Waals surface area contributed by atoms with Crippen molar-refractivity contribution in [2.24, 2.45) is 0 Å². The predicted molar refractivity (Wildman–Crippen MR) is 120 cm³/mol. The monoisotopic (exact) mass is 443 g/mol. The number of halogens is 1. The molecule has 2 fully saturated rings. The first-order valence-corrected chi connectivity index (χ1v) is 10.7. The minimum atomic E-state index is -0.322. The third-order valence-electron chi connectivity index (χ3n) is 6.04. The summed E-state index contributed by atoms with van der Waals surface area (Å²) in [5.41, 5.74) is 1.07. The molecule has 1 unspecified atom stereocenters. The van der Waals surface area contributed by atoms with E-state index in [0.717, 1.165) is 39.0 Å². The fourth-order valence-corrected chi connectivity index (χ4v) is 4.48. The minimum Gasteiger partial charge on any atom is -0.381 e. The molecule has 2 aliphatic heterocycles. The molecule has 0 bridgehead atoms. The quantitative estimate of drug-likeness (QED) is 0.673. The Morgan fingerprint density at radius 3 is 2.74 bits per heavy atom. The molecule has 8 nitrogen and oxygen atoms in total. The number of likely N-dealkylation sites (tertiary alicyclic amines) is 1. The molecule has 1 atom stereocenters. The molecule has 3 amide bonds. The smallest absolute Gasteiger partial charge is 0.319 e. The highest BCUT2D eigenvalue weighted by molar-refractivity contribution is 6.30. The van der Waals surface area contributed by atoms with Crippen LogP contribution in [0.4, 0.5) is 16.3 Å². The van der Waals surface area contributed by atoms with E-state index in [1.165, 1.54) is 6.20 Å². The third kappa shape index (κ3) is 5.15. The number of aromatic nitrogens is 1. The number of pyridine rings is 1. The fourth-order valence-electron chi connectivity index (χ4n) is 4.37. The molecule has 1 spiro atoms. The highest BCUT2D eigenvalue weighted by Crippen LogP contribution is 2.36. The summed E-state index contributed by atoms with van der Waals surface area (Å²) < 4.78 is 5.50. The summed E-state index contributed by atoms with van der Waals surface area (Å²) in [6, 6.07) is 9.85. The summed E-state index contributed by atoms with van der Waals surface area (Å²) in [5, 5.41) is 9.10. The molecule has 4 rings (SSSR count). The number of amides is 3. The lowest BCUT2D eigenvalue weighted by Gasteiger charge is -2.39. The van der Waals surface area contributed by atoms with Crippen molar-refractivity contribution in [1.29, 1.82) is 0 Å². The zero-order valence-corrected chi connectivity index (χ0v) is 18.1. The number of carbonyl (C=O) groups excluding carboxylic acids is 2. The Hall–Kier alpha value is -2.68. The largest absolute Gasteiger partial charge is 0.381 e. The number of hydrogen-bond donors (Lipinski definition) is 3. The predicted octanol–water partition coefficient (Wildman–Crippen LogP) is 3.36. The number of hydrogen-bond acceptors (Lipinski definition) is 5. The van der Waals surface area contributed by atoms with E-state index in [2.05, 4.69) is 32.9 Å². The first-order valence-electron chi connectivity index (χ1n) is 10.3. The maximum Gasteiger partial charge on any atom is 0.319 e. The number of likely N-dealkylation sites (N-methyl/N-ethyl adjacent to an activating group) is 1. The number of rotatable bonds is 4. The van der Waals surface area contributed by atoms with Crippen LogP contribution in [0, 0.1) is 0 Å². The van der Waals surface area contributed by atoms with E-state index in [1.54, 1.807) is 36.4 Å². The van der Waals surface area contributed by atoms with Crippen molar-refractivity contribution in [2.75, 3.05) is 37.4 Å². The Morgan fingerprint density at radius 2 is 2.00 bits per heavy atom. The molecule has 31 heavy (non-hydrogen) atoms. The lowest BCUT2D eigenvalue weighted by Crippen LogP contribution is -2.45. The lowest BCUT2D eigenvalue weighted by atomic mass is 9.87. The highest BCUT2D eigenvalue weighted by Gasteiger charge is 2.44. The second-order valence-electron chi connectivity index (χ2n) is 8.11. The van der Waals surface area contributed by atoms with Crippen molar-refractivity contribution in [3.63, 3.8) is 0 Å². The lowest BCUT2D eigenvalue weighted by molar-refractivity contribution is 0.00178. The molecule has 3 heterocycles. The van der Waals surface area contributed by atoms with Crippen molar-refractivity contribution in [3.8, 4) is 0 Å². The number of anilines is 2. The van der Waals surface area contributed by atoms with Crippen LogP contribution < -0.4 is 16.0 Å². The number of ether oxygens (including phenoxy) is 1. The molecule has 2 aromatic rings. The van der Waals surface area contributed by atoms with Crippen LogP contribution in [0.2, 0.25) is 5.02 Å². The molecule has 1 aromatic heterocycles. The van der Waals surface area contributed by atoms with Gasteiger partial charge in [0.15, 0.2) is 0 Å². The van der Waals surface area contributed by atoms with Gasteiger partial charge in [0.1, 0.15) is 5.82 Å². The Balaban J connectivity index is 1.33. The number of benzene rings is 1. The van der Waals surface area contributed by atoms with Crippen LogP contribution in [0.25, 0.3) is 0 Å². The zero-order valence-electron chi connectivity index (χ0n) is 17.4. The second-order valence-corrected chi connectivity index (χ2v) is 8.55. The molecule has 2 saturated heterocycles. The summed E-state index contributed by atoms with van der Waals surface area (Å²) in [6.45, 7) is 2.34. The van der Waals surface area contributed by atoms with Gasteiger partial charge in [0.25, 0.3) is 5.91 Å². The SMILES string of the molecule is CN1CC(NC(=O)Nc2cccc(C(=O)Nc3ccc(Cl)cn3)c2)CC12CCOCC2. The average molecular weight is 444 g/mol. The van der Waals surface area contributed by atoms with Gasteiger partial charge in [-0.25, -0.2) is 9.78 Å². The van der Waals surface area contributed by atoms with E-state index >= 15 is 0 Å². The van der Waals surface area contributed by atoms with Crippen LogP contribution in [-0.4, -0.2) is 60.2 Å². The van der Waals surface area contributed by atoms with E-state index in [9.17, 15) is 9.59 Å². The first kappa shape index (κ1) is 21.5. The maximum atomic E-state index is 12.6. The van der Waals surface area contributed by atoms with Crippen LogP contribution in [-0.2, 0) is 4.74 Å². The molecule has 0 saturated carbocycles. The minimum absolute atomic E-state index is 0.0746. The first-order chi connectivity index (χ1) is 14.9. The molecule has 164 valence electrons. The summed E-state index contributed by atoms with van der Waals surface area (Å²) in [7, 11) is 2.11. The molecule has 9 heteroatoms. The van der Waals surface area contributed by atoms with Crippen molar-refractivity contribution in [2.45, 2.75) is 30.8 Å². The number of carbonyl (C=O) groups is 2. The molecule has 1 aromatic carbocycles. The van der Waals surface area contributed by atoms with Gasteiger partial charge in [0, 0.05) is 48.8 Å². The van der Waals surface area contributed by atoms with Gasteiger partial charge in [-0.15, -0.1) is 0 Å². The Labute approximate surface area is 186 Å². The van der Waals surface area contributed by atoms with Crippen LogP contribution in [0.3, 0.4) is 0 Å². The van der Waals surface area contributed by atoms with E-state index in [4.69, 9.17) is 16.3 Å². The van der Waals surface area contributed by atoms with Crippen LogP contribution >= 0.6 is 11.6 Å². The summed E-state index contributed by atoms with van der Waals surface area (Å²) in [4.78, 5) is 31.5. The average Bonchev–Trinajstić information content (AvgIpc) is 3.04. The van der Waals surface area contributed by atoms with Gasteiger partial charge in [-0.05, 0) is 56.6 Å². The van der Waals surface area contributed by atoms with Crippen molar-refractivity contribution in [3.05, 3.63) is 53.2 Å². The summed E-state index contributed by atoms with van der Waals surface area (Å²) in [6.07, 6.45) is 4.35. The van der Waals surface area contributed by atoms with Crippen LogP contribution in [0.15, 0.2) is 42.6 Å². The second kappa shape index (κ2) is 9.21. The van der Waals surface area contributed by atoms with Crippen molar-refractivity contribution < 1.29 is 14.3 Å². The van der Waals surface area contributed by atoms with Gasteiger partial charge < -0.3 is 20.7 Å². The number of urea groups is 1. The van der Waals surface area contributed by atoms with Crippen LogP contribution in [0.5, 0.6) is 0 Å². The molecular weight excluding hydrogens is 418 g/mol. The van der Waals surface area contributed by atoms with Gasteiger partial charge in [-0.3, -0.25) is 9.69 Å². The van der Waals surface area contributed by atoms with Crippen molar-refractivity contribution in [1.82, 2.24) is 15.2 Å². The van der Waals surface area contributed by atoms with Gasteiger partial charge in [0.2, 0.25) is 0 Å². The summed E-state index contributed by atoms with van der Waals surface area (Å²) in [5.74, 6) is 0.0793. The van der Waals surface area contributed by atoms with Crippen molar-refractivity contribution >= 4 is 35.0 Å². The number of nitrogens with one attached hydrogen (secondary N) is 3. The van der Waals surface area contributed by atoms with Gasteiger partial charge in [-0.1, -0.05) is 17.7 Å². The normalized spacial score (nSPS) is 20.4. The Kier molecular flexibility index (Phi) is 6.41. The maximum absolute atomic E-state index is 12.6. The standard InChI is InChI=1S/C22H26ClN5O3/c1-28-14-18(12-22(28)7-9-31-10-8-22)26-21(30)25-17-4-2-3-15(11-17)20(29)27-19-6-5-16(23)13-24-19/h2-6,11,13,18H,7-10,12,14H2,1H3,(H,24,27,29)(H2,25,26,30). The molecule has 0 radical (unpaired) electrons. The number of nitrogens with zero attached hydrogens (tertiary/aromatic N) is 2. The van der Waals surface area contributed by atoms with Gasteiger partial charge in [-0.2, -0.15) is 0 Å². The molecule has 0 aliphatic carbocycles. The van der Waals surface area contributed by atoms with E-state index < -0.39 is 0 Å². The van der Waals surface area contributed by atoms with E-state index in [1.807, 2.05) is 0 Å². The van der Waals surface area contributed by atoms with Crippen LogP contribution in [0.1, 0.15) is 29.6 Å². The topological polar surface area (TPSA) is 95.6 Å². The Morgan fingerprint density at radius 1 is 1.19 bits per heavy atom. The molecule has 2 aliphatic rings. The molecular formula is C22H26ClN5O3. The highest BCUT2D eigenvalue weighted by atomic mass is 35.5. The zero-order chi connectivity index (χ0) is 21.8.